The van der Waals surface area contributed by atoms with Crippen molar-refractivity contribution in [1.29, 1.82) is 0 Å². The smallest absolute Gasteiger partial charge is 0.0449 e. The summed E-state index contributed by atoms with van der Waals surface area (Å²) >= 11 is 12.1. The summed E-state index contributed by atoms with van der Waals surface area (Å²) in [6.07, 6.45) is 2.39. The molecule has 2 rings (SSSR count). The largest absolute Gasteiger partial charge is 0.396 e. The predicted octanol–water partition coefficient (Wildman–Crippen LogP) is 3.91. The van der Waals surface area contributed by atoms with Gasteiger partial charge >= 0.3 is 0 Å². The average Bonchev–Trinajstić information content (AvgIpc) is 2.42. The molecule has 1 atom stereocenters. The fourth-order valence-corrected chi connectivity index (χ4v) is 2.79. The average molecular weight is 325 g/mol. The van der Waals surface area contributed by atoms with E-state index in [-0.39, 0.29) is 12.6 Å². The highest BCUT2D eigenvalue weighted by Crippen LogP contribution is 2.25. The van der Waals surface area contributed by atoms with Crippen LogP contribution in [-0.4, -0.2) is 16.7 Å². The number of aliphatic hydroxyl groups is 1. The van der Waals surface area contributed by atoms with Gasteiger partial charge in [0.2, 0.25) is 0 Å². The highest BCUT2D eigenvalue weighted by atomic mass is 35.5. The summed E-state index contributed by atoms with van der Waals surface area (Å²) in [6.45, 7) is 2.75. The minimum Gasteiger partial charge on any atom is -0.396 e. The van der Waals surface area contributed by atoms with Gasteiger partial charge in [0.1, 0.15) is 0 Å². The maximum Gasteiger partial charge on any atom is 0.0449 e. The van der Waals surface area contributed by atoms with E-state index in [9.17, 15) is 5.11 Å². The number of nitrogens with zero attached hydrogens (tertiary/aromatic N) is 1. The molecular weight excluding hydrogens is 307 g/mol. The number of pyridine rings is 1. The zero-order valence-corrected chi connectivity index (χ0v) is 13.3. The van der Waals surface area contributed by atoms with Gasteiger partial charge in [0.05, 0.1) is 0 Å². The maximum atomic E-state index is 9.26. The highest BCUT2D eigenvalue weighted by molar-refractivity contribution is 6.34. The lowest BCUT2D eigenvalue weighted by Crippen LogP contribution is -2.22. The Morgan fingerprint density at radius 1 is 1.19 bits per heavy atom. The van der Waals surface area contributed by atoms with Crippen LogP contribution in [0.5, 0.6) is 0 Å². The maximum absolute atomic E-state index is 9.26. The van der Waals surface area contributed by atoms with Crippen molar-refractivity contribution < 1.29 is 5.11 Å². The Bertz CT molecular complexity index is 584. The molecule has 0 spiro atoms. The van der Waals surface area contributed by atoms with Crippen LogP contribution in [0.2, 0.25) is 10.0 Å². The summed E-state index contributed by atoms with van der Waals surface area (Å²) in [5.41, 5.74) is 3.12. The van der Waals surface area contributed by atoms with E-state index >= 15 is 0 Å². The molecule has 21 heavy (non-hydrogen) atoms. The van der Waals surface area contributed by atoms with E-state index in [0.29, 0.717) is 23.0 Å². The van der Waals surface area contributed by atoms with Crippen LogP contribution in [0.3, 0.4) is 0 Å². The molecule has 2 aromatic rings. The molecule has 0 fully saturated rings. The van der Waals surface area contributed by atoms with Gasteiger partial charge < -0.3 is 10.4 Å². The summed E-state index contributed by atoms with van der Waals surface area (Å²) in [5, 5.41) is 13.9. The van der Waals surface area contributed by atoms with Crippen molar-refractivity contribution >= 4 is 23.2 Å². The zero-order chi connectivity index (χ0) is 15.2. The van der Waals surface area contributed by atoms with Crippen LogP contribution in [-0.2, 0) is 6.54 Å². The van der Waals surface area contributed by atoms with Crippen molar-refractivity contribution in [3.8, 4) is 0 Å². The van der Waals surface area contributed by atoms with Gasteiger partial charge in [-0.15, -0.1) is 0 Å². The van der Waals surface area contributed by atoms with E-state index in [0.717, 1.165) is 16.8 Å². The fourth-order valence-electron chi connectivity index (χ4n) is 2.25. The number of aryl methyl sites for hydroxylation is 1. The topological polar surface area (TPSA) is 45.1 Å². The molecule has 0 aliphatic rings. The Morgan fingerprint density at radius 2 is 1.90 bits per heavy atom. The van der Waals surface area contributed by atoms with Gasteiger partial charge in [-0.3, -0.25) is 4.98 Å². The van der Waals surface area contributed by atoms with Crippen molar-refractivity contribution in [3.05, 3.63) is 63.4 Å². The molecule has 1 heterocycles. The second-order valence-electron chi connectivity index (χ2n) is 4.95. The molecular formula is C16H18Cl2N2O. The van der Waals surface area contributed by atoms with E-state index in [4.69, 9.17) is 23.2 Å². The first-order valence-electron chi connectivity index (χ1n) is 6.80. The number of rotatable bonds is 6. The van der Waals surface area contributed by atoms with E-state index in [2.05, 4.69) is 10.3 Å². The first-order chi connectivity index (χ1) is 10.1. The van der Waals surface area contributed by atoms with Crippen LogP contribution in [0.1, 0.15) is 29.3 Å². The lowest BCUT2D eigenvalue weighted by molar-refractivity contribution is 0.265. The van der Waals surface area contributed by atoms with E-state index in [1.54, 1.807) is 12.3 Å². The second kappa shape index (κ2) is 7.76. The standard InChI is InChI=1S/C16H18Cl2N2O/c1-11-6-12(2-4-19-11)10-20-16(3-5-21)13-7-14(17)9-15(18)8-13/h2,4,6-9,16,20-21H,3,5,10H2,1H3. The van der Waals surface area contributed by atoms with Gasteiger partial charge in [-0.1, -0.05) is 23.2 Å². The molecule has 1 unspecified atom stereocenters. The monoisotopic (exact) mass is 324 g/mol. The number of benzene rings is 1. The molecule has 0 bridgehead atoms. The molecule has 1 aromatic heterocycles. The van der Waals surface area contributed by atoms with Crippen molar-refractivity contribution in [2.45, 2.75) is 25.9 Å². The molecule has 112 valence electrons. The minimum atomic E-state index is -0.000304. The molecule has 0 radical (unpaired) electrons. The number of hydrogen-bond acceptors (Lipinski definition) is 3. The van der Waals surface area contributed by atoms with Crippen molar-refractivity contribution in [1.82, 2.24) is 10.3 Å². The van der Waals surface area contributed by atoms with Gasteiger partial charge in [0.25, 0.3) is 0 Å². The lowest BCUT2D eigenvalue weighted by atomic mass is 10.0. The molecule has 0 amide bonds. The molecule has 0 saturated heterocycles. The SMILES string of the molecule is Cc1cc(CNC(CCO)c2cc(Cl)cc(Cl)c2)ccn1. The molecule has 0 aliphatic heterocycles. The van der Waals surface area contributed by atoms with Crippen molar-refractivity contribution in [2.75, 3.05) is 6.61 Å². The summed E-state index contributed by atoms with van der Waals surface area (Å²) in [7, 11) is 0. The number of halogens is 2. The van der Waals surface area contributed by atoms with Crippen LogP contribution in [0.15, 0.2) is 36.5 Å². The highest BCUT2D eigenvalue weighted by Gasteiger charge is 2.12. The van der Waals surface area contributed by atoms with Crippen molar-refractivity contribution in [3.63, 3.8) is 0 Å². The first kappa shape index (κ1) is 16.2. The zero-order valence-electron chi connectivity index (χ0n) is 11.8. The number of aromatic nitrogens is 1. The molecule has 5 heteroatoms. The Hall–Kier alpha value is -1.13. The van der Waals surface area contributed by atoms with Gasteiger partial charge in [0, 0.05) is 41.1 Å². The Labute approximate surface area is 134 Å². The molecule has 2 N–H and O–H groups in total. The van der Waals surface area contributed by atoms with Crippen LogP contribution >= 0.6 is 23.2 Å². The number of aliphatic hydroxyl groups excluding tert-OH is 1. The van der Waals surface area contributed by atoms with Crippen molar-refractivity contribution in [2.24, 2.45) is 0 Å². The second-order valence-corrected chi connectivity index (χ2v) is 5.83. The third-order valence-electron chi connectivity index (χ3n) is 3.22. The number of nitrogens with one attached hydrogen (secondary N) is 1. The number of hydrogen-bond donors (Lipinski definition) is 2. The van der Waals surface area contributed by atoms with Crippen LogP contribution in [0.25, 0.3) is 0 Å². The van der Waals surface area contributed by atoms with Crippen LogP contribution in [0.4, 0.5) is 0 Å². The normalized spacial score (nSPS) is 12.4. The Morgan fingerprint density at radius 3 is 2.52 bits per heavy atom. The molecule has 1 aromatic carbocycles. The van der Waals surface area contributed by atoms with E-state index in [1.807, 2.05) is 31.2 Å². The third kappa shape index (κ3) is 4.97. The predicted molar refractivity (Wildman–Crippen MR) is 86.7 cm³/mol. The summed E-state index contributed by atoms with van der Waals surface area (Å²) in [6, 6.07) is 9.46. The summed E-state index contributed by atoms with van der Waals surface area (Å²) in [4.78, 5) is 4.18. The Balaban J connectivity index is 2.11. The van der Waals surface area contributed by atoms with E-state index < -0.39 is 0 Å². The van der Waals surface area contributed by atoms with Crippen LogP contribution in [0, 0.1) is 6.92 Å². The van der Waals surface area contributed by atoms with Gasteiger partial charge in [-0.25, -0.2) is 0 Å². The summed E-state index contributed by atoms with van der Waals surface area (Å²) in [5.74, 6) is 0. The Kier molecular flexibility index (Phi) is 6.00. The first-order valence-corrected chi connectivity index (χ1v) is 7.56. The summed E-state index contributed by atoms with van der Waals surface area (Å²) < 4.78 is 0. The van der Waals surface area contributed by atoms with E-state index in [1.165, 1.54) is 0 Å². The van der Waals surface area contributed by atoms with Crippen LogP contribution < -0.4 is 5.32 Å². The molecule has 0 saturated carbocycles. The minimum absolute atomic E-state index is 0.000304. The molecule has 3 nitrogen and oxygen atoms in total. The van der Waals surface area contributed by atoms with Gasteiger partial charge in [0.15, 0.2) is 0 Å². The lowest BCUT2D eigenvalue weighted by Gasteiger charge is -2.19. The fraction of sp³-hybridized carbons (Fsp3) is 0.312. The quantitative estimate of drug-likeness (QED) is 0.846. The third-order valence-corrected chi connectivity index (χ3v) is 3.66. The van der Waals surface area contributed by atoms with Gasteiger partial charge in [-0.2, -0.15) is 0 Å². The molecule has 0 aliphatic carbocycles. The van der Waals surface area contributed by atoms with Gasteiger partial charge in [-0.05, 0) is 54.8 Å².